The molecular formula is C24H27F2N7O4S. The molecule has 3 rings (SSSR count). The standard InChI is InChI=1S/C24H27F2N7O4S/c1-3-4-20(13(2)27)32-23-19(25)10-18(21(28)34)22(33-23)30-15-9-16(12-29-11-15)31-24(35)14-5-7-17(8-6-14)38(26,36)37/h5-13,20H,3-4,27H2,1-2H3,(H2,28,34)(H,31,35)(H2,30,32,33)/t13?,20-/m1/s1. The normalized spacial score (nSPS) is 12.9. The summed E-state index contributed by atoms with van der Waals surface area (Å²) in [4.78, 5) is 32.2. The molecule has 2 aromatic heterocycles. The van der Waals surface area contributed by atoms with Crippen molar-refractivity contribution in [3.8, 4) is 0 Å². The van der Waals surface area contributed by atoms with Gasteiger partial charge in [-0.2, -0.15) is 8.42 Å². The molecule has 7 N–H and O–H groups in total. The van der Waals surface area contributed by atoms with Crippen molar-refractivity contribution < 1.29 is 26.3 Å². The van der Waals surface area contributed by atoms with Gasteiger partial charge in [0.1, 0.15) is 5.82 Å². The third-order valence-electron chi connectivity index (χ3n) is 5.45. The Balaban J connectivity index is 1.84. The fraction of sp³-hybridized carbons (Fsp3) is 0.250. The first-order valence-corrected chi connectivity index (χ1v) is 12.9. The molecule has 38 heavy (non-hydrogen) atoms. The average molecular weight is 548 g/mol. The molecule has 202 valence electrons. The van der Waals surface area contributed by atoms with E-state index >= 15 is 0 Å². The number of hydrogen-bond acceptors (Lipinski definition) is 9. The smallest absolute Gasteiger partial charge is 0.332 e. The van der Waals surface area contributed by atoms with Crippen molar-refractivity contribution in [2.75, 3.05) is 16.0 Å². The Hall–Kier alpha value is -4.17. The highest BCUT2D eigenvalue weighted by molar-refractivity contribution is 7.86. The number of nitrogens with zero attached hydrogens (tertiary/aromatic N) is 2. The van der Waals surface area contributed by atoms with E-state index in [9.17, 15) is 26.3 Å². The van der Waals surface area contributed by atoms with Gasteiger partial charge in [-0.25, -0.2) is 9.37 Å². The number of benzene rings is 1. The van der Waals surface area contributed by atoms with Crippen LogP contribution in [0, 0.1) is 5.82 Å². The number of halogens is 2. The molecule has 0 saturated heterocycles. The summed E-state index contributed by atoms with van der Waals surface area (Å²) in [5.74, 6) is -2.48. The molecule has 11 nitrogen and oxygen atoms in total. The summed E-state index contributed by atoms with van der Waals surface area (Å²) in [5.41, 5.74) is 11.8. The minimum absolute atomic E-state index is 0.0466. The predicted octanol–water partition coefficient (Wildman–Crippen LogP) is 3.30. The maximum atomic E-state index is 14.7. The van der Waals surface area contributed by atoms with Crippen LogP contribution in [-0.2, 0) is 10.2 Å². The maximum absolute atomic E-state index is 14.7. The van der Waals surface area contributed by atoms with Gasteiger partial charge in [-0.15, -0.1) is 3.89 Å². The quantitative estimate of drug-likeness (QED) is 0.225. The van der Waals surface area contributed by atoms with Crippen molar-refractivity contribution in [2.45, 2.75) is 43.7 Å². The van der Waals surface area contributed by atoms with Gasteiger partial charge in [0, 0.05) is 17.6 Å². The van der Waals surface area contributed by atoms with Crippen molar-refractivity contribution in [3.05, 3.63) is 65.7 Å². The van der Waals surface area contributed by atoms with Crippen molar-refractivity contribution in [3.63, 3.8) is 0 Å². The molecule has 0 aliphatic rings. The first-order chi connectivity index (χ1) is 17.9. The number of anilines is 4. The number of pyridine rings is 2. The summed E-state index contributed by atoms with van der Waals surface area (Å²) in [6.45, 7) is 3.75. The van der Waals surface area contributed by atoms with Crippen LogP contribution in [0.4, 0.5) is 31.3 Å². The van der Waals surface area contributed by atoms with Gasteiger partial charge in [-0.1, -0.05) is 13.3 Å². The van der Waals surface area contributed by atoms with Gasteiger partial charge in [0.15, 0.2) is 11.6 Å². The Morgan fingerprint density at radius 2 is 1.74 bits per heavy atom. The molecule has 0 aliphatic heterocycles. The van der Waals surface area contributed by atoms with Crippen molar-refractivity contribution in [1.29, 1.82) is 0 Å². The molecule has 0 spiro atoms. The molecule has 0 saturated carbocycles. The van der Waals surface area contributed by atoms with Crippen LogP contribution in [0.25, 0.3) is 0 Å². The van der Waals surface area contributed by atoms with E-state index < -0.39 is 32.8 Å². The fourth-order valence-corrected chi connectivity index (χ4v) is 3.97. The lowest BCUT2D eigenvalue weighted by atomic mass is 10.1. The van der Waals surface area contributed by atoms with E-state index in [4.69, 9.17) is 11.5 Å². The van der Waals surface area contributed by atoms with E-state index in [1.54, 1.807) is 6.92 Å². The molecule has 2 heterocycles. The molecule has 1 unspecified atom stereocenters. The monoisotopic (exact) mass is 547 g/mol. The Morgan fingerprint density at radius 3 is 2.32 bits per heavy atom. The molecule has 0 fully saturated rings. The van der Waals surface area contributed by atoms with Crippen LogP contribution in [0.1, 0.15) is 47.4 Å². The largest absolute Gasteiger partial charge is 0.365 e. The van der Waals surface area contributed by atoms with Gasteiger partial charge in [0.2, 0.25) is 0 Å². The van der Waals surface area contributed by atoms with E-state index in [2.05, 4.69) is 25.9 Å². The minimum atomic E-state index is -4.89. The lowest BCUT2D eigenvalue weighted by Gasteiger charge is -2.23. The number of nitrogens with two attached hydrogens (primary N) is 2. The zero-order valence-electron chi connectivity index (χ0n) is 20.5. The molecule has 2 amide bonds. The lowest BCUT2D eigenvalue weighted by molar-refractivity contribution is 0.0997. The molecule has 2 atom stereocenters. The minimum Gasteiger partial charge on any atom is -0.365 e. The van der Waals surface area contributed by atoms with Crippen molar-refractivity contribution >= 4 is 45.0 Å². The maximum Gasteiger partial charge on any atom is 0.332 e. The first-order valence-electron chi connectivity index (χ1n) is 11.5. The SMILES string of the molecule is CCC[C@@H](Nc1nc(Nc2cncc(NC(=O)c3ccc(S(=O)(=O)F)cc3)c2)c(C(N)=O)cc1F)C(C)N. The molecular weight excluding hydrogens is 520 g/mol. The fourth-order valence-electron chi connectivity index (χ4n) is 3.51. The third kappa shape index (κ3) is 7.20. The highest BCUT2D eigenvalue weighted by Crippen LogP contribution is 2.26. The van der Waals surface area contributed by atoms with E-state index in [1.165, 1.54) is 18.5 Å². The highest BCUT2D eigenvalue weighted by Gasteiger charge is 2.20. The van der Waals surface area contributed by atoms with Crippen LogP contribution in [0.3, 0.4) is 0 Å². The zero-order valence-corrected chi connectivity index (χ0v) is 21.4. The molecule has 0 aliphatic carbocycles. The number of primary amides is 1. The van der Waals surface area contributed by atoms with Gasteiger partial charge in [-0.05, 0) is 49.7 Å². The van der Waals surface area contributed by atoms with E-state index in [1.807, 2.05) is 6.92 Å². The predicted molar refractivity (Wildman–Crippen MR) is 139 cm³/mol. The second kappa shape index (κ2) is 11.9. The van der Waals surface area contributed by atoms with E-state index in [-0.39, 0.29) is 46.2 Å². The highest BCUT2D eigenvalue weighted by atomic mass is 32.3. The summed E-state index contributed by atoms with van der Waals surface area (Å²) in [6, 6.07) is 6.10. The first kappa shape index (κ1) is 28.4. The number of aromatic nitrogens is 2. The van der Waals surface area contributed by atoms with Gasteiger partial charge in [0.05, 0.1) is 34.2 Å². The van der Waals surface area contributed by atoms with Crippen molar-refractivity contribution in [2.24, 2.45) is 11.5 Å². The topological polar surface area (TPSA) is 182 Å². The van der Waals surface area contributed by atoms with Gasteiger partial charge >= 0.3 is 10.2 Å². The Labute approximate surface area is 218 Å². The second-order valence-electron chi connectivity index (χ2n) is 8.48. The van der Waals surface area contributed by atoms with Crippen LogP contribution in [-0.4, -0.2) is 42.3 Å². The van der Waals surface area contributed by atoms with Crippen LogP contribution in [0.5, 0.6) is 0 Å². The van der Waals surface area contributed by atoms with Crippen LogP contribution < -0.4 is 27.4 Å². The van der Waals surface area contributed by atoms with Gasteiger partial charge in [0.25, 0.3) is 11.8 Å². The Bertz CT molecular complexity index is 1430. The molecule has 0 bridgehead atoms. The van der Waals surface area contributed by atoms with E-state index in [0.29, 0.717) is 6.42 Å². The molecule has 14 heteroatoms. The number of hydrogen-bond donors (Lipinski definition) is 5. The number of nitrogens with one attached hydrogen (secondary N) is 3. The van der Waals surface area contributed by atoms with Crippen LogP contribution >= 0.6 is 0 Å². The molecule has 3 aromatic rings. The summed E-state index contributed by atoms with van der Waals surface area (Å²) < 4.78 is 49.7. The average Bonchev–Trinajstić information content (AvgIpc) is 2.85. The molecule has 1 aromatic carbocycles. The van der Waals surface area contributed by atoms with Crippen molar-refractivity contribution in [1.82, 2.24) is 9.97 Å². The summed E-state index contributed by atoms with van der Waals surface area (Å²) >= 11 is 0. The van der Waals surface area contributed by atoms with Crippen LogP contribution in [0.2, 0.25) is 0 Å². The Kier molecular flexibility index (Phi) is 8.91. The number of rotatable bonds is 11. The second-order valence-corrected chi connectivity index (χ2v) is 9.83. The third-order valence-corrected chi connectivity index (χ3v) is 6.29. The Morgan fingerprint density at radius 1 is 1.08 bits per heavy atom. The van der Waals surface area contributed by atoms with E-state index in [0.717, 1.165) is 36.8 Å². The molecule has 0 radical (unpaired) electrons. The van der Waals surface area contributed by atoms with Gasteiger partial charge < -0.3 is 27.4 Å². The summed E-state index contributed by atoms with van der Waals surface area (Å²) in [6.07, 6.45) is 4.18. The van der Waals surface area contributed by atoms with Crippen LogP contribution in [0.15, 0.2) is 53.7 Å². The number of amides is 2. The number of carbonyl (C=O) groups excluding carboxylic acids is 2. The number of carbonyl (C=O) groups is 2. The summed E-state index contributed by atoms with van der Waals surface area (Å²) in [5, 5.41) is 8.40. The van der Waals surface area contributed by atoms with Gasteiger partial charge in [-0.3, -0.25) is 14.6 Å². The lowest BCUT2D eigenvalue weighted by Crippen LogP contribution is -2.38. The summed E-state index contributed by atoms with van der Waals surface area (Å²) in [7, 11) is -4.89. The zero-order chi connectivity index (χ0) is 28.0.